The lowest BCUT2D eigenvalue weighted by molar-refractivity contribution is -0.132. The molecule has 2 atom stereocenters. The average Bonchev–Trinajstić information content (AvgIpc) is 3.21. The van der Waals surface area contributed by atoms with Gasteiger partial charge in [-0.1, -0.05) is 48.5 Å². The monoisotopic (exact) mass is 383 g/mol. The van der Waals surface area contributed by atoms with Gasteiger partial charge in [-0.3, -0.25) is 4.79 Å². The maximum Gasteiger partial charge on any atom is 0.224 e. The third-order valence-corrected chi connectivity index (χ3v) is 5.55. The van der Waals surface area contributed by atoms with Gasteiger partial charge in [0.15, 0.2) is 0 Å². The van der Waals surface area contributed by atoms with Crippen LogP contribution in [-0.4, -0.2) is 48.4 Å². The molecule has 0 radical (unpaired) electrons. The van der Waals surface area contributed by atoms with Crippen molar-refractivity contribution in [3.05, 3.63) is 71.5 Å². The molecule has 1 aliphatic heterocycles. The van der Waals surface area contributed by atoms with Crippen LogP contribution in [0.1, 0.15) is 36.4 Å². The van der Waals surface area contributed by atoms with Gasteiger partial charge in [-0.2, -0.15) is 0 Å². The Morgan fingerprint density at radius 2 is 1.75 bits per heavy atom. The third kappa shape index (κ3) is 5.40. The van der Waals surface area contributed by atoms with Crippen LogP contribution < -0.4 is 5.73 Å². The lowest BCUT2D eigenvalue weighted by atomic mass is 10.0. The standard InChI is InChI=1S/C23H30FN3O/c1-26(23(28)16-20(25)15-19-11-5-6-12-21(19)24)22(17-27-13-7-8-14-27)18-9-3-2-4-10-18/h2-6,9-12,20,22H,7-8,13-17,25H2,1H3. The number of nitrogens with two attached hydrogens (primary N) is 1. The highest BCUT2D eigenvalue weighted by Gasteiger charge is 2.26. The predicted octanol–water partition coefficient (Wildman–Crippen LogP) is 3.38. The zero-order valence-electron chi connectivity index (χ0n) is 16.6. The van der Waals surface area contributed by atoms with Gasteiger partial charge in [-0.05, 0) is 49.5 Å². The van der Waals surface area contributed by atoms with E-state index < -0.39 is 6.04 Å². The van der Waals surface area contributed by atoms with E-state index in [1.807, 2.05) is 30.1 Å². The molecule has 4 nitrogen and oxygen atoms in total. The average molecular weight is 384 g/mol. The van der Waals surface area contributed by atoms with Crippen LogP contribution in [0.15, 0.2) is 54.6 Å². The van der Waals surface area contributed by atoms with Crippen LogP contribution in [0.2, 0.25) is 0 Å². The predicted molar refractivity (Wildman–Crippen MR) is 110 cm³/mol. The summed E-state index contributed by atoms with van der Waals surface area (Å²) in [6.07, 6.45) is 2.99. The fourth-order valence-electron chi connectivity index (χ4n) is 3.90. The summed E-state index contributed by atoms with van der Waals surface area (Å²) in [5.74, 6) is -0.271. The molecule has 0 saturated carbocycles. The number of halogens is 1. The minimum Gasteiger partial charge on any atom is -0.337 e. The Morgan fingerprint density at radius 3 is 2.43 bits per heavy atom. The van der Waals surface area contributed by atoms with Crippen LogP contribution >= 0.6 is 0 Å². The van der Waals surface area contributed by atoms with E-state index in [-0.39, 0.29) is 24.2 Å². The van der Waals surface area contributed by atoms with Crippen molar-refractivity contribution in [3.8, 4) is 0 Å². The molecule has 0 bridgehead atoms. The lowest BCUT2D eigenvalue weighted by Crippen LogP contribution is -2.41. The van der Waals surface area contributed by atoms with Crippen LogP contribution in [-0.2, 0) is 11.2 Å². The Kier molecular flexibility index (Phi) is 7.18. The maximum atomic E-state index is 13.9. The number of carbonyl (C=O) groups is 1. The van der Waals surface area contributed by atoms with Crippen molar-refractivity contribution in [1.82, 2.24) is 9.80 Å². The van der Waals surface area contributed by atoms with Crippen molar-refractivity contribution >= 4 is 5.91 Å². The van der Waals surface area contributed by atoms with Crippen molar-refractivity contribution in [1.29, 1.82) is 0 Å². The summed E-state index contributed by atoms with van der Waals surface area (Å²) in [6, 6.07) is 16.3. The quantitative estimate of drug-likeness (QED) is 0.760. The smallest absolute Gasteiger partial charge is 0.224 e. The molecule has 1 saturated heterocycles. The Labute approximate surface area is 167 Å². The SMILES string of the molecule is CN(C(=O)CC(N)Cc1ccccc1F)C(CN1CCCC1)c1ccccc1. The number of hydrogen-bond donors (Lipinski definition) is 1. The summed E-state index contributed by atoms with van der Waals surface area (Å²) in [5, 5.41) is 0. The maximum absolute atomic E-state index is 13.9. The number of benzene rings is 2. The Hall–Kier alpha value is -2.24. The highest BCUT2D eigenvalue weighted by Crippen LogP contribution is 2.24. The molecular weight excluding hydrogens is 353 g/mol. The Balaban J connectivity index is 1.66. The molecule has 1 aliphatic rings. The molecule has 1 amide bonds. The van der Waals surface area contributed by atoms with Crippen molar-refractivity contribution in [2.75, 3.05) is 26.7 Å². The first kappa shape index (κ1) is 20.5. The first-order valence-electron chi connectivity index (χ1n) is 10.1. The molecule has 1 fully saturated rings. The van der Waals surface area contributed by atoms with Crippen molar-refractivity contribution in [3.63, 3.8) is 0 Å². The number of rotatable bonds is 8. The van der Waals surface area contributed by atoms with E-state index in [0.717, 1.165) is 25.2 Å². The van der Waals surface area contributed by atoms with E-state index in [1.165, 1.54) is 18.9 Å². The third-order valence-electron chi connectivity index (χ3n) is 5.55. The molecule has 3 rings (SSSR count). The first-order valence-corrected chi connectivity index (χ1v) is 10.1. The number of likely N-dealkylation sites (N-methyl/N-ethyl adjacent to an activating group) is 1. The van der Waals surface area contributed by atoms with E-state index in [2.05, 4.69) is 17.0 Å². The van der Waals surface area contributed by atoms with E-state index in [0.29, 0.717) is 12.0 Å². The topological polar surface area (TPSA) is 49.6 Å². The molecule has 28 heavy (non-hydrogen) atoms. The molecular formula is C23H30FN3O. The molecule has 0 aliphatic carbocycles. The van der Waals surface area contributed by atoms with Gasteiger partial charge < -0.3 is 15.5 Å². The first-order chi connectivity index (χ1) is 13.5. The van der Waals surface area contributed by atoms with E-state index in [4.69, 9.17) is 5.73 Å². The summed E-state index contributed by atoms with van der Waals surface area (Å²) >= 11 is 0. The minimum absolute atomic E-state index is 0.00288. The number of amides is 1. The van der Waals surface area contributed by atoms with Crippen LogP contribution in [0.3, 0.4) is 0 Å². The molecule has 150 valence electrons. The summed E-state index contributed by atoms with van der Waals surface area (Å²) in [4.78, 5) is 17.2. The molecule has 2 N–H and O–H groups in total. The molecule has 2 aromatic rings. The summed E-state index contributed by atoms with van der Waals surface area (Å²) < 4.78 is 13.9. The van der Waals surface area contributed by atoms with Gasteiger partial charge in [0, 0.05) is 26.1 Å². The van der Waals surface area contributed by atoms with Crippen molar-refractivity contribution in [2.45, 2.75) is 37.8 Å². The molecule has 2 unspecified atom stereocenters. The second-order valence-electron chi connectivity index (χ2n) is 7.70. The van der Waals surface area contributed by atoms with Crippen molar-refractivity contribution in [2.24, 2.45) is 5.73 Å². The highest BCUT2D eigenvalue weighted by molar-refractivity contribution is 5.77. The van der Waals surface area contributed by atoms with E-state index in [1.54, 1.807) is 18.2 Å². The second-order valence-corrected chi connectivity index (χ2v) is 7.70. The zero-order valence-corrected chi connectivity index (χ0v) is 16.6. The highest BCUT2D eigenvalue weighted by atomic mass is 19.1. The largest absolute Gasteiger partial charge is 0.337 e. The van der Waals surface area contributed by atoms with Gasteiger partial charge in [0.1, 0.15) is 5.82 Å². The van der Waals surface area contributed by atoms with Gasteiger partial charge in [0.25, 0.3) is 0 Å². The van der Waals surface area contributed by atoms with Gasteiger partial charge in [-0.15, -0.1) is 0 Å². The summed E-state index contributed by atoms with van der Waals surface area (Å²) in [6.45, 7) is 2.99. The summed E-state index contributed by atoms with van der Waals surface area (Å²) in [7, 11) is 1.85. The van der Waals surface area contributed by atoms with Crippen LogP contribution in [0.5, 0.6) is 0 Å². The number of hydrogen-bond acceptors (Lipinski definition) is 3. The van der Waals surface area contributed by atoms with Crippen LogP contribution in [0.4, 0.5) is 4.39 Å². The zero-order chi connectivity index (χ0) is 19.9. The molecule has 5 heteroatoms. The van der Waals surface area contributed by atoms with Gasteiger partial charge >= 0.3 is 0 Å². The Morgan fingerprint density at radius 1 is 1.11 bits per heavy atom. The van der Waals surface area contributed by atoms with Crippen LogP contribution in [0.25, 0.3) is 0 Å². The van der Waals surface area contributed by atoms with Gasteiger partial charge in [0.2, 0.25) is 5.91 Å². The normalized spacial score (nSPS) is 16.7. The minimum atomic E-state index is -0.407. The molecule has 2 aromatic carbocycles. The fourth-order valence-corrected chi connectivity index (χ4v) is 3.90. The lowest BCUT2D eigenvalue weighted by Gasteiger charge is -2.32. The van der Waals surface area contributed by atoms with Gasteiger partial charge in [-0.25, -0.2) is 4.39 Å². The second kappa shape index (κ2) is 9.80. The van der Waals surface area contributed by atoms with Crippen molar-refractivity contribution < 1.29 is 9.18 Å². The number of likely N-dealkylation sites (tertiary alicyclic amines) is 1. The van der Waals surface area contributed by atoms with Crippen LogP contribution in [0, 0.1) is 5.82 Å². The van der Waals surface area contributed by atoms with E-state index in [9.17, 15) is 9.18 Å². The molecule has 1 heterocycles. The number of carbonyl (C=O) groups excluding carboxylic acids is 1. The molecule has 0 spiro atoms. The number of nitrogens with zero attached hydrogens (tertiary/aromatic N) is 2. The summed E-state index contributed by atoms with van der Waals surface area (Å²) in [5.41, 5.74) is 7.88. The Bertz CT molecular complexity index is 761. The fraction of sp³-hybridized carbons (Fsp3) is 0.435. The molecule has 0 aromatic heterocycles. The van der Waals surface area contributed by atoms with Gasteiger partial charge in [0.05, 0.1) is 6.04 Å². The van der Waals surface area contributed by atoms with E-state index >= 15 is 0 Å².